The highest BCUT2D eigenvalue weighted by Crippen LogP contribution is 2.41. The highest BCUT2D eigenvalue weighted by molar-refractivity contribution is 9.10. The number of carboxylic acids is 2. The normalized spacial score (nSPS) is 10.4. The first-order valence-corrected chi connectivity index (χ1v) is 10.8. The fourth-order valence-corrected chi connectivity index (χ4v) is 3.91. The molecule has 1 aromatic heterocycles. The molecule has 3 rings (SSSR count). The lowest BCUT2D eigenvalue weighted by Gasteiger charge is -2.17. The van der Waals surface area contributed by atoms with Crippen molar-refractivity contribution in [2.24, 2.45) is 0 Å². The number of hydrogen-bond donors (Lipinski definition) is 5. The van der Waals surface area contributed by atoms with Crippen LogP contribution < -0.4 is 30.8 Å². The second-order valence-corrected chi connectivity index (χ2v) is 7.98. The number of carboxylic acid groups (broad SMARTS) is 2. The number of carbonyl (C=O) groups is 3. The van der Waals surface area contributed by atoms with E-state index in [0.717, 1.165) is 0 Å². The van der Waals surface area contributed by atoms with Gasteiger partial charge in [0.15, 0.2) is 18.1 Å². The molecule has 6 N–H and O–H groups in total. The van der Waals surface area contributed by atoms with Gasteiger partial charge in [0.25, 0.3) is 11.5 Å². The van der Waals surface area contributed by atoms with Gasteiger partial charge in [0.1, 0.15) is 22.7 Å². The maximum Gasteiger partial charge on any atom is 0.342 e. The molecule has 1 amide bonds. The quantitative estimate of drug-likeness (QED) is 0.259. The van der Waals surface area contributed by atoms with Crippen molar-refractivity contribution in [1.82, 2.24) is 4.98 Å². The molecule has 0 saturated carbocycles. The van der Waals surface area contributed by atoms with Gasteiger partial charge in [0, 0.05) is 15.6 Å². The van der Waals surface area contributed by atoms with Crippen molar-refractivity contribution in [3.05, 3.63) is 62.4 Å². The van der Waals surface area contributed by atoms with Crippen LogP contribution in [0, 0.1) is 0 Å². The lowest BCUT2D eigenvalue weighted by atomic mass is 9.95. The number of amides is 1. The number of nitrogens with two attached hydrogens (primary N) is 1. The highest BCUT2D eigenvalue weighted by atomic mass is 79.9. The van der Waals surface area contributed by atoms with E-state index in [-0.39, 0.29) is 21.5 Å². The molecule has 13 heteroatoms. The molecule has 1 heterocycles. The first-order valence-electron chi connectivity index (χ1n) is 10.0. The van der Waals surface area contributed by atoms with E-state index >= 15 is 0 Å². The highest BCUT2D eigenvalue weighted by Gasteiger charge is 2.28. The van der Waals surface area contributed by atoms with E-state index in [1.807, 2.05) is 4.98 Å². The topological polar surface area (TPSA) is 190 Å². The number of nitrogens with one attached hydrogen (secondary N) is 2. The molecule has 2 aromatic carbocycles. The van der Waals surface area contributed by atoms with Crippen molar-refractivity contribution in [1.29, 1.82) is 0 Å². The van der Waals surface area contributed by atoms with Crippen LogP contribution in [-0.2, 0) is 4.79 Å². The summed E-state index contributed by atoms with van der Waals surface area (Å²) in [5.41, 5.74) is 3.17. The zero-order valence-electron chi connectivity index (χ0n) is 18.9. The maximum absolute atomic E-state index is 12.4. The number of anilines is 2. The van der Waals surface area contributed by atoms with Crippen LogP contribution in [0.2, 0.25) is 0 Å². The van der Waals surface area contributed by atoms with E-state index in [4.69, 9.17) is 19.9 Å². The number of nitrogen functional groups attached to an aromatic ring is 1. The van der Waals surface area contributed by atoms with Gasteiger partial charge in [-0.05, 0) is 24.3 Å². The molecule has 0 unspecified atom stereocenters. The van der Waals surface area contributed by atoms with E-state index in [1.54, 1.807) is 24.3 Å². The molecule has 3 aromatic rings. The van der Waals surface area contributed by atoms with E-state index in [0.29, 0.717) is 11.4 Å². The largest absolute Gasteiger partial charge is 0.495 e. The van der Waals surface area contributed by atoms with Crippen molar-refractivity contribution in [3.63, 3.8) is 0 Å². The molecule has 0 fully saturated rings. The van der Waals surface area contributed by atoms with Gasteiger partial charge < -0.3 is 40.5 Å². The molecular weight excluding hydrogens is 542 g/mol. The number of benzene rings is 2. The van der Waals surface area contributed by atoms with Gasteiger partial charge in [-0.15, -0.1) is 0 Å². The standard InChI is InChI=1S/C23H20BrN3O9/c1-34-13-6-4-3-5-12(13)26-16(28)9-36-15-8-11(24)10(7-14(15)35-2)17-18(22(30)31)20(25)27-21(29)19(17)23(32)33/h3-8H,9H2,1-2H3,(H,26,28)(H,30,31)(H,32,33)(H3,25,27,29). The average molecular weight is 562 g/mol. The monoisotopic (exact) mass is 561 g/mol. The van der Waals surface area contributed by atoms with Crippen LogP contribution in [0.5, 0.6) is 17.2 Å². The van der Waals surface area contributed by atoms with Gasteiger partial charge in [-0.2, -0.15) is 0 Å². The van der Waals surface area contributed by atoms with Crippen LogP contribution in [-0.4, -0.2) is 53.9 Å². The lowest BCUT2D eigenvalue weighted by molar-refractivity contribution is -0.118. The first kappa shape index (κ1) is 26.1. The van der Waals surface area contributed by atoms with Crippen molar-refractivity contribution in [2.75, 3.05) is 31.9 Å². The number of aromatic nitrogens is 1. The third-order valence-corrected chi connectivity index (χ3v) is 5.59. The van der Waals surface area contributed by atoms with E-state index < -0.39 is 52.5 Å². The van der Waals surface area contributed by atoms with Gasteiger partial charge in [-0.3, -0.25) is 9.59 Å². The Morgan fingerprint density at radius 2 is 1.64 bits per heavy atom. The fraction of sp³-hybridized carbons (Fsp3) is 0.130. The number of ether oxygens (including phenoxy) is 3. The summed E-state index contributed by atoms with van der Waals surface area (Å²) in [4.78, 5) is 50.5. The fourth-order valence-electron chi connectivity index (χ4n) is 3.39. The van der Waals surface area contributed by atoms with Crippen molar-refractivity contribution in [2.45, 2.75) is 0 Å². The van der Waals surface area contributed by atoms with Crippen LogP contribution in [0.15, 0.2) is 45.7 Å². The molecule has 0 atom stereocenters. The number of aromatic carboxylic acids is 2. The predicted octanol–water partition coefficient (Wildman–Crippen LogP) is 2.82. The molecule has 0 bridgehead atoms. The van der Waals surface area contributed by atoms with Crippen LogP contribution in [0.25, 0.3) is 11.1 Å². The van der Waals surface area contributed by atoms with Crippen molar-refractivity contribution >= 4 is 45.3 Å². The number of halogens is 1. The Bertz CT molecular complexity index is 1420. The van der Waals surface area contributed by atoms with Crippen LogP contribution in [0.3, 0.4) is 0 Å². The van der Waals surface area contributed by atoms with E-state index in [1.165, 1.54) is 26.4 Å². The summed E-state index contributed by atoms with van der Waals surface area (Å²) >= 11 is 3.25. The number of carbonyl (C=O) groups excluding carboxylic acids is 1. The Labute approximate surface area is 211 Å². The van der Waals surface area contributed by atoms with E-state index in [2.05, 4.69) is 21.2 Å². The molecule has 0 aliphatic carbocycles. The van der Waals surface area contributed by atoms with E-state index in [9.17, 15) is 29.4 Å². The van der Waals surface area contributed by atoms with Gasteiger partial charge >= 0.3 is 11.9 Å². The van der Waals surface area contributed by atoms with Gasteiger partial charge in [-0.25, -0.2) is 9.59 Å². The Morgan fingerprint density at radius 1 is 1.00 bits per heavy atom. The minimum atomic E-state index is -1.66. The minimum absolute atomic E-state index is 0.00901. The minimum Gasteiger partial charge on any atom is -0.495 e. The summed E-state index contributed by atoms with van der Waals surface area (Å²) in [7, 11) is 2.75. The number of H-pyrrole nitrogens is 1. The summed E-state index contributed by atoms with van der Waals surface area (Å²) in [6, 6.07) is 9.40. The number of aromatic amines is 1. The van der Waals surface area contributed by atoms with Crippen molar-refractivity contribution < 1.29 is 38.8 Å². The Kier molecular flexibility index (Phi) is 7.84. The Hall–Kier alpha value is -4.52. The smallest absolute Gasteiger partial charge is 0.342 e. The molecule has 0 saturated heterocycles. The molecule has 0 radical (unpaired) electrons. The molecule has 36 heavy (non-hydrogen) atoms. The number of methoxy groups -OCH3 is 2. The second kappa shape index (κ2) is 10.8. The Balaban J connectivity index is 2.00. The summed E-state index contributed by atoms with van der Waals surface area (Å²) < 4.78 is 16.2. The van der Waals surface area contributed by atoms with Gasteiger partial charge in [-0.1, -0.05) is 28.1 Å². The maximum atomic E-state index is 12.4. The van der Waals surface area contributed by atoms with Crippen LogP contribution in [0.1, 0.15) is 20.7 Å². The molecular formula is C23H20BrN3O9. The van der Waals surface area contributed by atoms with Gasteiger partial charge in [0.2, 0.25) is 0 Å². The van der Waals surface area contributed by atoms with Crippen LogP contribution >= 0.6 is 15.9 Å². The zero-order chi connectivity index (χ0) is 26.6. The van der Waals surface area contributed by atoms with Crippen molar-refractivity contribution in [3.8, 4) is 28.4 Å². The summed E-state index contributed by atoms with van der Waals surface area (Å²) in [6.45, 7) is -0.432. The number of para-hydroxylation sites is 2. The summed E-state index contributed by atoms with van der Waals surface area (Å²) in [5, 5.41) is 21.9. The predicted molar refractivity (Wildman–Crippen MR) is 132 cm³/mol. The molecule has 188 valence electrons. The second-order valence-electron chi connectivity index (χ2n) is 7.12. The number of hydrogen-bond acceptors (Lipinski definition) is 8. The first-order chi connectivity index (χ1) is 17.1. The molecule has 12 nitrogen and oxygen atoms in total. The average Bonchev–Trinajstić information content (AvgIpc) is 2.82. The molecule has 0 aliphatic rings. The van der Waals surface area contributed by atoms with Gasteiger partial charge in [0.05, 0.1) is 19.9 Å². The zero-order valence-corrected chi connectivity index (χ0v) is 20.5. The number of rotatable bonds is 9. The summed E-state index contributed by atoms with van der Waals surface area (Å²) in [5.74, 6) is -3.68. The summed E-state index contributed by atoms with van der Waals surface area (Å²) in [6.07, 6.45) is 0. The van der Waals surface area contributed by atoms with Crippen LogP contribution in [0.4, 0.5) is 11.5 Å². The third-order valence-electron chi connectivity index (χ3n) is 4.93. The SMILES string of the molecule is COc1ccccc1NC(=O)COc1cc(Br)c(-c2c(C(=O)O)c(N)[nH]c(=O)c2C(=O)O)cc1OC. The third kappa shape index (κ3) is 5.25. The lowest BCUT2D eigenvalue weighted by Crippen LogP contribution is -2.24. The molecule has 0 spiro atoms. The Morgan fingerprint density at radius 3 is 2.25 bits per heavy atom. The number of pyridine rings is 1. The molecule has 0 aliphatic heterocycles.